The smallest absolute Gasteiger partial charge is 0.255 e. The molecular formula is C13H21N3O2S. The normalized spacial score (nSPS) is 13.6. The molecule has 1 rings (SSSR count). The number of hydrogen-bond acceptors (Lipinski definition) is 4. The fraction of sp³-hybridized carbons (Fsp3) is 0.538. The summed E-state index contributed by atoms with van der Waals surface area (Å²) in [6.45, 7) is 4.71. The van der Waals surface area contributed by atoms with Crippen LogP contribution >= 0.6 is 0 Å². The van der Waals surface area contributed by atoms with Gasteiger partial charge in [0, 0.05) is 47.8 Å². The predicted molar refractivity (Wildman–Crippen MR) is 78.9 cm³/mol. The van der Waals surface area contributed by atoms with E-state index in [0.717, 1.165) is 18.7 Å². The van der Waals surface area contributed by atoms with Gasteiger partial charge in [-0.25, -0.2) is 0 Å². The molecule has 2 unspecified atom stereocenters. The quantitative estimate of drug-likeness (QED) is 0.793. The Morgan fingerprint density at radius 3 is 2.89 bits per heavy atom. The molecular weight excluding hydrogens is 262 g/mol. The molecule has 0 aliphatic carbocycles. The van der Waals surface area contributed by atoms with Crippen LogP contribution in [0, 0.1) is 0 Å². The minimum Gasteiger partial charge on any atom is -0.384 e. The zero-order valence-electron chi connectivity index (χ0n) is 11.6. The van der Waals surface area contributed by atoms with Gasteiger partial charge in [0.25, 0.3) is 5.91 Å². The van der Waals surface area contributed by atoms with Crippen molar-refractivity contribution in [2.75, 3.05) is 23.9 Å². The summed E-state index contributed by atoms with van der Waals surface area (Å²) in [5.41, 5.74) is 1.30. The Kier molecular flexibility index (Phi) is 6.49. The summed E-state index contributed by atoms with van der Waals surface area (Å²) in [4.78, 5) is 16.1. The van der Waals surface area contributed by atoms with Crippen LogP contribution in [-0.2, 0) is 10.8 Å². The molecule has 0 saturated carbocycles. The van der Waals surface area contributed by atoms with Crippen molar-refractivity contribution in [1.29, 1.82) is 0 Å². The fourth-order valence-corrected chi connectivity index (χ4v) is 2.47. The minimum absolute atomic E-state index is 0.127. The molecule has 0 bridgehead atoms. The third-order valence-electron chi connectivity index (χ3n) is 2.49. The molecule has 2 atom stereocenters. The molecule has 1 amide bonds. The van der Waals surface area contributed by atoms with E-state index in [0.29, 0.717) is 11.3 Å². The standard InChI is InChI=1S/C13H21N3O2S/c1-4-6-15-12-5-7-14-8-11(12)13(17)16-10(2)9-19(3)18/h5,7-8,10H,4,6,9H2,1-3H3,(H,14,15)(H,16,17). The SMILES string of the molecule is CCCNc1ccncc1C(=O)NC(C)CS(C)=O. The van der Waals surface area contributed by atoms with Gasteiger partial charge < -0.3 is 10.6 Å². The second-order valence-corrected chi connectivity index (χ2v) is 5.94. The highest BCUT2D eigenvalue weighted by Crippen LogP contribution is 2.13. The van der Waals surface area contributed by atoms with E-state index in [1.165, 1.54) is 0 Å². The van der Waals surface area contributed by atoms with Crippen molar-refractivity contribution in [3.63, 3.8) is 0 Å². The van der Waals surface area contributed by atoms with Gasteiger partial charge in [-0.05, 0) is 19.4 Å². The van der Waals surface area contributed by atoms with Crippen molar-refractivity contribution in [3.05, 3.63) is 24.0 Å². The van der Waals surface area contributed by atoms with E-state index >= 15 is 0 Å². The summed E-state index contributed by atoms with van der Waals surface area (Å²) < 4.78 is 11.1. The Bertz CT molecular complexity index is 451. The lowest BCUT2D eigenvalue weighted by atomic mass is 10.2. The summed E-state index contributed by atoms with van der Waals surface area (Å²) in [7, 11) is -0.925. The molecule has 1 heterocycles. The number of hydrogen-bond donors (Lipinski definition) is 2. The van der Waals surface area contributed by atoms with Gasteiger partial charge in [0.1, 0.15) is 0 Å². The zero-order valence-corrected chi connectivity index (χ0v) is 12.4. The Hall–Kier alpha value is -1.43. The molecule has 1 aromatic rings. The second kappa shape index (κ2) is 7.89. The molecule has 0 fully saturated rings. The Balaban J connectivity index is 2.73. The summed E-state index contributed by atoms with van der Waals surface area (Å²) in [5, 5.41) is 6.03. The van der Waals surface area contributed by atoms with Crippen LogP contribution in [0.15, 0.2) is 18.5 Å². The summed E-state index contributed by atoms with van der Waals surface area (Å²) in [6.07, 6.45) is 5.80. The summed E-state index contributed by atoms with van der Waals surface area (Å²) in [6, 6.07) is 1.66. The highest BCUT2D eigenvalue weighted by molar-refractivity contribution is 7.84. The number of nitrogens with one attached hydrogen (secondary N) is 2. The van der Waals surface area contributed by atoms with Crippen LogP contribution in [0.25, 0.3) is 0 Å². The van der Waals surface area contributed by atoms with Crippen LogP contribution in [0.5, 0.6) is 0 Å². The van der Waals surface area contributed by atoms with Gasteiger partial charge >= 0.3 is 0 Å². The molecule has 106 valence electrons. The number of aromatic nitrogens is 1. The number of pyridine rings is 1. The average molecular weight is 283 g/mol. The maximum absolute atomic E-state index is 12.1. The highest BCUT2D eigenvalue weighted by atomic mass is 32.2. The molecule has 0 aliphatic heterocycles. The number of nitrogens with zero attached hydrogens (tertiary/aromatic N) is 1. The van der Waals surface area contributed by atoms with E-state index < -0.39 is 10.8 Å². The van der Waals surface area contributed by atoms with Crippen LogP contribution < -0.4 is 10.6 Å². The van der Waals surface area contributed by atoms with Crippen LogP contribution in [0.1, 0.15) is 30.6 Å². The van der Waals surface area contributed by atoms with Gasteiger partial charge in [0.05, 0.1) is 11.3 Å². The van der Waals surface area contributed by atoms with Crippen molar-refractivity contribution >= 4 is 22.4 Å². The average Bonchev–Trinajstić information content (AvgIpc) is 2.35. The van der Waals surface area contributed by atoms with Crippen molar-refractivity contribution in [2.45, 2.75) is 26.3 Å². The number of amides is 1. The first-order valence-corrected chi connectivity index (χ1v) is 8.06. The predicted octanol–water partition coefficient (Wildman–Crippen LogP) is 1.40. The Labute approximate surface area is 116 Å². The van der Waals surface area contributed by atoms with E-state index in [1.807, 2.05) is 6.92 Å². The lowest BCUT2D eigenvalue weighted by molar-refractivity contribution is 0.0944. The second-order valence-electron chi connectivity index (χ2n) is 4.46. The largest absolute Gasteiger partial charge is 0.384 e. The fourth-order valence-electron chi connectivity index (χ4n) is 1.68. The maximum atomic E-state index is 12.1. The van der Waals surface area contributed by atoms with Gasteiger partial charge in [-0.1, -0.05) is 6.92 Å². The first kappa shape index (κ1) is 15.6. The van der Waals surface area contributed by atoms with Crippen molar-refractivity contribution in [2.24, 2.45) is 0 Å². The third-order valence-corrected chi connectivity index (χ3v) is 3.46. The first-order valence-electron chi connectivity index (χ1n) is 6.33. The molecule has 5 nitrogen and oxygen atoms in total. The number of rotatable bonds is 7. The molecule has 19 heavy (non-hydrogen) atoms. The molecule has 6 heteroatoms. The van der Waals surface area contributed by atoms with Crippen LogP contribution in [0.3, 0.4) is 0 Å². The Morgan fingerprint density at radius 2 is 2.26 bits per heavy atom. The number of carbonyl (C=O) groups is 1. The van der Waals surface area contributed by atoms with Gasteiger partial charge in [0.15, 0.2) is 0 Å². The Morgan fingerprint density at radius 1 is 1.53 bits per heavy atom. The topological polar surface area (TPSA) is 71.1 Å². The van der Waals surface area contributed by atoms with E-state index in [-0.39, 0.29) is 11.9 Å². The molecule has 2 N–H and O–H groups in total. The monoisotopic (exact) mass is 283 g/mol. The van der Waals surface area contributed by atoms with Crippen molar-refractivity contribution in [1.82, 2.24) is 10.3 Å². The highest BCUT2D eigenvalue weighted by Gasteiger charge is 2.14. The van der Waals surface area contributed by atoms with Crippen LogP contribution in [0.2, 0.25) is 0 Å². The molecule has 0 aromatic carbocycles. The van der Waals surface area contributed by atoms with E-state index in [9.17, 15) is 9.00 Å². The third kappa shape index (κ3) is 5.38. The summed E-state index contributed by atoms with van der Waals surface area (Å²) in [5.74, 6) is 0.258. The van der Waals surface area contributed by atoms with E-state index in [4.69, 9.17) is 0 Å². The van der Waals surface area contributed by atoms with Crippen LogP contribution in [-0.4, -0.2) is 39.7 Å². The molecule has 0 radical (unpaired) electrons. The first-order chi connectivity index (χ1) is 9.04. The van der Waals surface area contributed by atoms with Gasteiger partial charge in [-0.3, -0.25) is 14.0 Å². The number of carbonyl (C=O) groups excluding carboxylic acids is 1. The lowest BCUT2D eigenvalue weighted by Gasteiger charge is -2.15. The molecule has 1 aromatic heterocycles. The molecule has 0 spiro atoms. The van der Waals surface area contributed by atoms with Gasteiger partial charge in [-0.15, -0.1) is 0 Å². The maximum Gasteiger partial charge on any atom is 0.255 e. The van der Waals surface area contributed by atoms with Crippen LogP contribution in [0.4, 0.5) is 5.69 Å². The van der Waals surface area contributed by atoms with Crippen molar-refractivity contribution < 1.29 is 9.00 Å². The molecule has 0 aliphatic rings. The van der Waals surface area contributed by atoms with Crippen molar-refractivity contribution in [3.8, 4) is 0 Å². The zero-order chi connectivity index (χ0) is 14.3. The minimum atomic E-state index is -0.925. The van der Waals surface area contributed by atoms with E-state index in [2.05, 4.69) is 22.5 Å². The molecule has 0 saturated heterocycles. The lowest BCUT2D eigenvalue weighted by Crippen LogP contribution is -2.36. The van der Waals surface area contributed by atoms with E-state index in [1.54, 1.807) is 24.7 Å². The number of anilines is 1. The summed E-state index contributed by atoms with van der Waals surface area (Å²) >= 11 is 0. The van der Waals surface area contributed by atoms with Gasteiger partial charge in [-0.2, -0.15) is 0 Å². The van der Waals surface area contributed by atoms with Gasteiger partial charge in [0.2, 0.25) is 0 Å².